The smallest absolute Gasteiger partial charge is 0.283 e. The minimum absolute atomic E-state index is 0.149. The quantitative estimate of drug-likeness (QED) is 0.604. The van der Waals surface area contributed by atoms with E-state index in [-0.39, 0.29) is 10.6 Å². The Bertz CT molecular complexity index is 426. The molecule has 0 atom stereocenters. The summed E-state index contributed by atoms with van der Waals surface area (Å²) >= 11 is 1.95. The van der Waals surface area contributed by atoms with Gasteiger partial charge in [-0.1, -0.05) is 0 Å². The van der Waals surface area contributed by atoms with Crippen molar-refractivity contribution in [2.75, 3.05) is 24.6 Å². The van der Waals surface area contributed by atoms with E-state index in [0.29, 0.717) is 18.1 Å². The van der Waals surface area contributed by atoms with Crippen LogP contribution in [0.25, 0.3) is 0 Å². The summed E-state index contributed by atoms with van der Waals surface area (Å²) in [5.41, 5.74) is 1.29. The van der Waals surface area contributed by atoms with Crippen molar-refractivity contribution in [2.24, 2.45) is 0 Å². The van der Waals surface area contributed by atoms with Gasteiger partial charge >= 0.3 is 5.69 Å². The second kappa shape index (κ2) is 5.05. The molecule has 1 saturated heterocycles. The van der Waals surface area contributed by atoms with Gasteiger partial charge in [-0.3, -0.25) is 15.0 Å². The highest BCUT2D eigenvalue weighted by molar-refractivity contribution is 7.99. The van der Waals surface area contributed by atoms with Crippen molar-refractivity contribution in [3.63, 3.8) is 0 Å². The van der Waals surface area contributed by atoms with Crippen LogP contribution in [-0.4, -0.2) is 44.2 Å². The first kappa shape index (κ1) is 12.4. The molecule has 0 amide bonds. The Morgan fingerprint density at radius 2 is 2.06 bits per heavy atom. The molecule has 1 aromatic heterocycles. The number of aryl methyl sites for hydroxylation is 1. The van der Waals surface area contributed by atoms with E-state index in [9.17, 15) is 10.1 Å². The highest BCUT2D eigenvalue weighted by Crippen LogP contribution is 2.22. The molecule has 0 unspecified atom stereocenters. The van der Waals surface area contributed by atoms with E-state index < -0.39 is 0 Å². The lowest BCUT2D eigenvalue weighted by atomic mass is 10.3. The summed E-state index contributed by atoms with van der Waals surface area (Å²) in [6.45, 7) is 6.15. The molecule has 0 aromatic carbocycles. The van der Waals surface area contributed by atoms with Crippen molar-refractivity contribution in [2.45, 2.75) is 20.5 Å². The van der Waals surface area contributed by atoms with E-state index in [1.165, 1.54) is 0 Å². The van der Waals surface area contributed by atoms with Crippen molar-refractivity contribution in [3.8, 4) is 0 Å². The summed E-state index contributed by atoms with van der Waals surface area (Å²) in [6, 6.07) is 0. The van der Waals surface area contributed by atoms with Crippen LogP contribution in [0.5, 0.6) is 0 Å². The fraction of sp³-hybridized carbons (Fsp3) is 0.700. The molecule has 17 heavy (non-hydrogen) atoms. The van der Waals surface area contributed by atoms with Crippen LogP contribution in [-0.2, 0) is 6.67 Å². The molecule has 2 rings (SSSR count). The Kier molecular flexibility index (Phi) is 3.68. The van der Waals surface area contributed by atoms with Gasteiger partial charge in [0.05, 0.1) is 11.6 Å². The Balaban J connectivity index is 2.15. The summed E-state index contributed by atoms with van der Waals surface area (Å²) < 4.78 is 1.74. The topological polar surface area (TPSA) is 64.2 Å². The summed E-state index contributed by atoms with van der Waals surface area (Å²) in [4.78, 5) is 12.8. The van der Waals surface area contributed by atoms with Gasteiger partial charge in [0.15, 0.2) is 0 Å². The first-order chi connectivity index (χ1) is 8.09. The van der Waals surface area contributed by atoms with Gasteiger partial charge in [0.25, 0.3) is 0 Å². The maximum Gasteiger partial charge on any atom is 0.312 e. The van der Waals surface area contributed by atoms with E-state index in [2.05, 4.69) is 10.00 Å². The zero-order chi connectivity index (χ0) is 12.4. The van der Waals surface area contributed by atoms with Crippen LogP contribution in [0.2, 0.25) is 0 Å². The largest absolute Gasteiger partial charge is 0.312 e. The number of thioether (sulfide) groups is 1. The molecular formula is C10H16N4O2S. The van der Waals surface area contributed by atoms with Crippen LogP contribution >= 0.6 is 11.8 Å². The van der Waals surface area contributed by atoms with Crippen molar-refractivity contribution in [3.05, 3.63) is 21.5 Å². The van der Waals surface area contributed by atoms with Gasteiger partial charge in [0.2, 0.25) is 0 Å². The van der Waals surface area contributed by atoms with E-state index in [1.807, 2.05) is 11.8 Å². The lowest BCUT2D eigenvalue weighted by molar-refractivity contribution is -0.386. The zero-order valence-corrected chi connectivity index (χ0v) is 10.9. The fourth-order valence-electron chi connectivity index (χ4n) is 2.02. The molecule has 0 radical (unpaired) electrons. The Morgan fingerprint density at radius 1 is 1.41 bits per heavy atom. The fourth-order valence-corrected chi connectivity index (χ4v) is 3.00. The third kappa shape index (κ3) is 2.61. The zero-order valence-electron chi connectivity index (χ0n) is 10.0. The molecule has 6 nitrogen and oxygen atoms in total. The summed E-state index contributed by atoms with van der Waals surface area (Å²) in [5, 5.41) is 15.1. The Labute approximate surface area is 104 Å². The van der Waals surface area contributed by atoms with Gasteiger partial charge in [0.1, 0.15) is 11.4 Å². The predicted molar refractivity (Wildman–Crippen MR) is 67.3 cm³/mol. The van der Waals surface area contributed by atoms with Crippen LogP contribution in [0.15, 0.2) is 0 Å². The third-order valence-corrected chi connectivity index (χ3v) is 3.91. The van der Waals surface area contributed by atoms with Crippen LogP contribution in [0.4, 0.5) is 5.69 Å². The number of hydrogen-bond donors (Lipinski definition) is 0. The molecule has 1 aliphatic rings. The lowest BCUT2D eigenvalue weighted by Crippen LogP contribution is -2.34. The molecule has 1 fully saturated rings. The van der Waals surface area contributed by atoms with E-state index in [4.69, 9.17) is 0 Å². The minimum Gasteiger partial charge on any atom is -0.283 e. The Hall–Kier alpha value is -1.08. The molecule has 0 N–H and O–H groups in total. The molecule has 1 aromatic rings. The van der Waals surface area contributed by atoms with Crippen LogP contribution in [0.3, 0.4) is 0 Å². The summed E-state index contributed by atoms with van der Waals surface area (Å²) in [7, 11) is 0. The first-order valence-corrected chi connectivity index (χ1v) is 6.73. The molecule has 1 aliphatic heterocycles. The average molecular weight is 256 g/mol. The number of nitro groups is 1. The summed E-state index contributed by atoms with van der Waals surface area (Å²) in [5.74, 6) is 2.25. The molecule has 0 bridgehead atoms. The number of rotatable bonds is 3. The van der Waals surface area contributed by atoms with E-state index >= 15 is 0 Å². The molecule has 0 aliphatic carbocycles. The van der Waals surface area contributed by atoms with Gasteiger partial charge < -0.3 is 0 Å². The number of hydrogen-bond acceptors (Lipinski definition) is 5. The van der Waals surface area contributed by atoms with E-state index in [1.54, 1.807) is 18.5 Å². The molecular weight excluding hydrogens is 240 g/mol. The minimum atomic E-state index is -0.347. The number of aromatic nitrogens is 2. The monoisotopic (exact) mass is 256 g/mol. The Morgan fingerprint density at radius 3 is 2.59 bits per heavy atom. The first-order valence-electron chi connectivity index (χ1n) is 5.58. The standard InChI is InChI=1S/C10H16N4O2S/c1-8-10(14(15)16)9(2)13(11-8)7-12-3-5-17-6-4-12/h3-7H2,1-2H3. The molecule has 94 valence electrons. The molecule has 0 saturated carbocycles. The van der Waals surface area contributed by atoms with Crippen LogP contribution in [0.1, 0.15) is 11.4 Å². The molecule has 2 heterocycles. The SMILES string of the molecule is Cc1nn(CN2CCSCC2)c(C)c1[N+](=O)[O-]. The van der Waals surface area contributed by atoms with Gasteiger partial charge in [-0.05, 0) is 13.8 Å². The van der Waals surface area contributed by atoms with Crippen molar-refractivity contribution < 1.29 is 4.92 Å². The van der Waals surface area contributed by atoms with Gasteiger partial charge in [0, 0.05) is 24.6 Å². The van der Waals surface area contributed by atoms with Crippen molar-refractivity contribution >= 4 is 17.4 Å². The molecule has 0 spiro atoms. The van der Waals surface area contributed by atoms with Crippen molar-refractivity contribution in [1.29, 1.82) is 0 Å². The van der Waals surface area contributed by atoms with Gasteiger partial charge in [-0.15, -0.1) is 0 Å². The van der Waals surface area contributed by atoms with Gasteiger partial charge in [-0.25, -0.2) is 4.68 Å². The average Bonchev–Trinajstić information content (AvgIpc) is 2.55. The van der Waals surface area contributed by atoms with Gasteiger partial charge in [-0.2, -0.15) is 16.9 Å². The highest BCUT2D eigenvalue weighted by atomic mass is 32.2. The van der Waals surface area contributed by atoms with Crippen molar-refractivity contribution in [1.82, 2.24) is 14.7 Å². The lowest BCUT2D eigenvalue weighted by Gasteiger charge is -2.26. The molecule has 7 heteroatoms. The maximum absolute atomic E-state index is 10.9. The number of nitrogens with zero attached hydrogens (tertiary/aromatic N) is 4. The summed E-state index contributed by atoms with van der Waals surface area (Å²) in [6.07, 6.45) is 0. The van der Waals surface area contributed by atoms with E-state index in [0.717, 1.165) is 24.6 Å². The third-order valence-electron chi connectivity index (χ3n) is 2.96. The normalized spacial score (nSPS) is 17.3. The highest BCUT2D eigenvalue weighted by Gasteiger charge is 2.23. The van der Waals surface area contributed by atoms with Crippen LogP contribution < -0.4 is 0 Å². The maximum atomic E-state index is 10.9. The van der Waals surface area contributed by atoms with Crippen LogP contribution in [0, 0.1) is 24.0 Å². The second-order valence-corrected chi connectivity index (χ2v) is 5.37. The second-order valence-electron chi connectivity index (χ2n) is 4.15. The predicted octanol–water partition coefficient (Wildman–Crippen LogP) is 1.41.